The van der Waals surface area contributed by atoms with Gasteiger partial charge in [0.1, 0.15) is 5.75 Å². The highest BCUT2D eigenvalue weighted by Crippen LogP contribution is 2.46. The normalized spacial score (nSPS) is 22.7. The van der Waals surface area contributed by atoms with Gasteiger partial charge in [0.15, 0.2) is 5.82 Å². The van der Waals surface area contributed by atoms with E-state index in [2.05, 4.69) is 33.0 Å². The molecule has 0 aliphatic heterocycles. The SMILES string of the molecule is CC1CC1c1noc(-c2ccc(Br)cc2O)n1. The fourth-order valence-corrected chi connectivity index (χ4v) is 2.21. The first kappa shape index (κ1) is 10.8. The Bertz CT molecular complexity index is 567. The molecular weight excluding hydrogens is 284 g/mol. The molecule has 17 heavy (non-hydrogen) atoms. The molecule has 0 saturated heterocycles. The van der Waals surface area contributed by atoms with E-state index in [1.165, 1.54) is 0 Å². The number of benzene rings is 1. The Hall–Kier alpha value is -1.36. The lowest BCUT2D eigenvalue weighted by atomic mass is 10.2. The first-order valence-corrected chi connectivity index (χ1v) is 6.27. The zero-order valence-electron chi connectivity index (χ0n) is 9.22. The molecule has 2 atom stereocenters. The number of nitrogens with zero attached hydrogens (tertiary/aromatic N) is 2. The van der Waals surface area contributed by atoms with Gasteiger partial charge in [-0.2, -0.15) is 4.98 Å². The number of hydrogen-bond acceptors (Lipinski definition) is 4. The maximum Gasteiger partial charge on any atom is 0.261 e. The van der Waals surface area contributed by atoms with Gasteiger partial charge in [-0.15, -0.1) is 0 Å². The largest absolute Gasteiger partial charge is 0.507 e. The maximum atomic E-state index is 9.80. The number of aromatic hydroxyl groups is 1. The third kappa shape index (κ3) is 1.95. The van der Waals surface area contributed by atoms with Crippen molar-refractivity contribution >= 4 is 15.9 Å². The average Bonchev–Trinajstić information content (AvgIpc) is 2.83. The van der Waals surface area contributed by atoms with Crippen LogP contribution in [0.15, 0.2) is 27.2 Å². The van der Waals surface area contributed by atoms with Crippen LogP contribution in [0.1, 0.15) is 25.1 Å². The van der Waals surface area contributed by atoms with Gasteiger partial charge in [0, 0.05) is 10.4 Å². The summed E-state index contributed by atoms with van der Waals surface area (Å²) in [5, 5.41) is 13.8. The quantitative estimate of drug-likeness (QED) is 0.923. The van der Waals surface area contributed by atoms with Crippen molar-refractivity contribution in [3.8, 4) is 17.2 Å². The number of hydrogen-bond donors (Lipinski definition) is 1. The number of rotatable bonds is 2. The van der Waals surface area contributed by atoms with E-state index in [0.29, 0.717) is 23.3 Å². The van der Waals surface area contributed by atoms with Crippen molar-refractivity contribution in [2.45, 2.75) is 19.3 Å². The number of phenols is 1. The Balaban J connectivity index is 1.95. The van der Waals surface area contributed by atoms with Crippen molar-refractivity contribution in [1.82, 2.24) is 10.1 Å². The Morgan fingerprint density at radius 2 is 2.24 bits per heavy atom. The molecular formula is C12H11BrN2O2. The smallest absolute Gasteiger partial charge is 0.261 e. The van der Waals surface area contributed by atoms with E-state index in [-0.39, 0.29) is 5.75 Å². The lowest BCUT2D eigenvalue weighted by molar-refractivity contribution is 0.417. The topological polar surface area (TPSA) is 59.2 Å². The highest BCUT2D eigenvalue weighted by atomic mass is 79.9. The van der Waals surface area contributed by atoms with Crippen molar-refractivity contribution in [2.24, 2.45) is 5.92 Å². The van der Waals surface area contributed by atoms with Crippen molar-refractivity contribution in [2.75, 3.05) is 0 Å². The Morgan fingerprint density at radius 1 is 1.47 bits per heavy atom. The van der Waals surface area contributed by atoms with Crippen LogP contribution < -0.4 is 0 Å². The molecule has 5 heteroatoms. The second kappa shape index (κ2) is 3.84. The fourth-order valence-electron chi connectivity index (χ4n) is 1.86. The minimum Gasteiger partial charge on any atom is -0.507 e. The lowest BCUT2D eigenvalue weighted by Gasteiger charge is -1.98. The summed E-state index contributed by atoms with van der Waals surface area (Å²) in [6, 6.07) is 5.20. The molecule has 1 aliphatic rings. The highest BCUT2D eigenvalue weighted by molar-refractivity contribution is 9.10. The van der Waals surface area contributed by atoms with Gasteiger partial charge in [-0.3, -0.25) is 0 Å². The Morgan fingerprint density at radius 3 is 2.88 bits per heavy atom. The molecule has 1 fully saturated rings. The fraction of sp³-hybridized carbons (Fsp3) is 0.333. The van der Waals surface area contributed by atoms with Gasteiger partial charge >= 0.3 is 0 Å². The molecule has 1 saturated carbocycles. The number of phenolic OH excluding ortho intramolecular Hbond substituents is 1. The number of halogens is 1. The highest BCUT2D eigenvalue weighted by Gasteiger charge is 2.38. The standard InChI is InChI=1S/C12H11BrN2O2/c1-6-4-9(6)11-14-12(17-15-11)8-3-2-7(13)5-10(8)16/h2-3,5-6,9,16H,4H2,1H3. The zero-order valence-corrected chi connectivity index (χ0v) is 10.8. The second-order valence-corrected chi connectivity index (χ2v) is 5.35. The van der Waals surface area contributed by atoms with Crippen molar-refractivity contribution < 1.29 is 9.63 Å². The molecule has 88 valence electrons. The molecule has 1 aliphatic carbocycles. The lowest BCUT2D eigenvalue weighted by Crippen LogP contribution is -1.84. The van der Waals surface area contributed by atoms with Crippen LogP contribution >= 0.6 is 15.9 Å². The zero-order chi connectivity index (χ0) is 12.0. The first-order valence-electron chi connectivity index (χ1n) is 5.47. The van der Waals surface area contributed by atoms with E-state index in [4.69, 9.17) is 4.52 Å². The average molecular weight is 295 g/mol. The molecule has 4 nitrogen and oxygen atoms in total. The Kier molecular flexibility index (Phi) is 2.43. The monoisotopic (exact) mass is 294 g/mol. The molecule has 0 radical (unpaired) electrons. The van der Waals surface area contributed by atoms with Crippen LogP contribution in [-0.4, -0.2) is 15.2 Å². The van der Waals surface area contributed by atoms with E-state index < -0.39 is 0 Å². The van der Waals surface area contributed by atoms with E-state index in [9.17, 15) is 5.11 Å². The summed E-state index contributed by atoms with van der Waals surface area (Å²) in [5.41, 5.74) is 0.570. The van der Waals surface area contributed by atoms with Gasteiger partial charge in [0.05, 0.1) is 5.56 Å². The van der Waals surface area contributed by atoms with Gasteiger partial charge < -0.3 is 9.63 Å². The predicted octanol–water partition coefficient (Wildman–Crippen LogP) is 3.33. The molecule has 2 aromatic rings. The molecule has 1 N–H and O–H groups in total. The molecule has 0 bridgehead atoms. The molecule has 1 aromatic carbocycles. The van der Waals surface area contributed by atoms with Gasteiger partial charge in [-0.25, -0.2) is 0 Å². The van der Waals surface area contributed by atoms with Crippen LogP contribution in [0.5, 0.6) is 5.75 Å². The molecule has 0 spiro atoms. The van der Waals surface area contributed by atoms with E-state index in [1.54, 1.807) is 12.1 Å². The summed E-state index contributed by atoms with van der Waals surface area (Å²) >= 11 is 3.29. The van der Waals surface area contributed by atoms with Crippen molar-refractivity contribution in [1.29, 1.82) is 0 Å². The summed E-state index contributed by atoms with van der Waals surface area (Å²) < 4.78 is 6.00. The predicted molar refractivity (Wildman–Crippen MR) is 65.6 cm³/mol. The third-order valence-corrected chi connectivity index (χ3v) is 3.57. The minimum atomic E-state index is 0.137. The molecule has 3 rings (SSSR count). The van der Waals surface area contributed by atoms with Crippen LogP contribution in [-0.2, 0) is 0 Å². The summed E-state index contributed by atoms with van der Waals surface area (Å²) in [4.78, 5) is 4.33. The van der Waals surface area contributed by atoms with Gasteiger partial charge in [-0.05, 0) is 30.5 Å². The van der Waals surface area contributed by atoms with Crippen LogP contribution in [0.3, 0.4) is 0 Å². The minimum absolute atomic E-state index is 0.137. The summed E-state index contributed by atoms with van der Waals surface area (Å²) in [6.07, 6.45) is 1.12. The van der Waals surface area contributed by atoms with Crippen LogP contribution in [0, 0.1) is 5.92 Å². The molecule has 0 amide bonds. The van der Waals surface area contributed by atoms with Gasteiger partial charge in [0.25, 0.3) is 5.89 Å². The van der Waals surface area contributed by atoms with Crippen molar-refractivity contribution in [3.63, 3.8) is 0 Å². The summed E-state index contributed by atoms with van der Waals surface area (Å²) in [7, 11) is 0. The first-order chi connectivity index (χ1) is 8.15. The molecule has 1 aromatic heterocycles. The van der Waals surface area contributed by atoms with Gasteiger partial charge in [0.2, 0.25) is 0 Å². The third-order valence-electron chi connectivity index (χ3n) is 3.07. The van der Waals surface area contributed by atoms with Crippen LogP contribution in [0.4, 0.5) is 0 Å². The second-order valence-electron chi connectivity index (χ2n) is 4.44. The summed E-state index contributed by atoms with van der Waals surface area (Å²) in [6.45, 7) is 2.16. The molecule has 2 unspecified atom stereocenters. The molecule has 1 heterocycles. The maximum absolute atomic E-state index is 9.80. The van der Waals surface area contributed by atoms with Crippen LogP contribution in [0.2, 0.25) is 0 Å². The van der Waals surface area contributed by atoms with Crippen LogP contribution in [0.25, 0.3) is 11.5 Å². The van der Waals surface area contributed by atoms with Gasteiger partial charge in [-0.1, -0.05) is 28.0 Å². The number of aromatic nitrogens is 2. The van der Waals surface area contributed by atoms with E-state index >= 15 is 0 Å². The van der Waals surface area contributed by atoms with E-state index in [1.807, 2.05) is 6.07 Å². The Labute approximate surface area is 107 Å². The van der Waals surface area contributed by atoms with E-state index in [0.717, 1.165) is 16.7 Å². The van der Waals surface area contributed by atoms with Crippen molar-refractivity contribution in [3.05, 3.63) is 28.5 Å². The summed E-state index contributed by atoms with van der Waals surface area (Å²) in [5.74, 6) is 2.32.